The lowest BCUT2D eigenvalue weighted by molar-refractivity contribution is 0.102. The second kappa shape index (κ2) is 6.83. The highest BCUT2D eigenvalue weighted by Crippen LogP contribution is 2.26. The first-order chi connectivity index (χ1) is 12.9. The molecule has 1 N–H and O–H groups in total. The van der Waals surface area contributed by atoms with Gasteiger partial charge in [-0.25, -0.2) is 13.4 Å². The number of hydrogen-bond donors (Lipinski definition) is 1. The normalized spacial score (nSPS) is 15.8. The van der Waals surface area contributed by atoms with Crippen LogP contribution in [0.15, 0.2) is 54.6 Å². The molecule has 1 aliphatic rings. The molecule has 1 aromatic heterocycles. The van der Waals surface area contributed by atoms with Crippen LogP contribution in [0.4, 0.5) is 11.4 Å². The van der Waals surface area contributed by atoms with Crippen molar-refractivity contribution in [3.63, 3.8) is 0 Å². The number of benzene rings is 2. The van der Waals surface area contributed by atoms with Crippen molar-refractivity contribution in [3.8, 4) is 0 Å². The summed E-state index contributed by atoms with van der Waals surface area (Å²) in [7, 11) is -3.22. The van der Waals surface area contributed by atoms with Gasteiger partial charge in [0.2, 0.25) is 10.0 Å². The summed E-state index contributed by atoms with van der Waals surface area (Å²) >= 11 is 6.18. The Morgan fingerprint density at radius 2 is 1.85 bits per heavy atom. The average molecular weight is 402 g/mol. The number of sulfonamides is 1. The zero-order valence-electron chi connectivity index (χ0n) is 14.2. The zero-order valence-corrected chi connectivity index (χ0v) is 15.8. The quantitative estimate of drug-likeness (QED) is 0.679. The van der Waals surface area contributed by atoms with Gasteiger partial charge in [-0.15, -0.1) is 0 Å². The Bertz CT molecular complexity index is 1130. The van der Waals surface area contributed by atoms with Gasteiger partial charge in [-0.3, -0.25) is 9.10 Å². The van der Waals surface area contributed by atoms with Crippen LogP contribution in [0.3, 0.4) is 0 Å². The number of fused-ring (bicyclic) bond motifs is 1. The smallest absolute Gasteiger partial charge is 0.274 e. The van der Waals surface area contributed by atoms with E-state index in [9.17, 15) is 13.2 Å². The fourth-order valence-corrected chi connectivity index (χ4v) is 4.94. The molecule has 0 bridgehead atoms. The number of nitrogens with zero attached hydrogens (tertiary/aromatic N) is 2. The summed E-state index contributed by atoms with van der Waals surface area (Å²) in [5, 5.41) is 4.65. The molecule has 138 valence electrons. The number of halogens is 1. The Hall–Kier alpha value is -2.64. The largest absolute Gasteiger partial charge is 0.321 e. The van der Waals surface area contributed by atoms with Crippen LogP contribution in [0.25, 0.3) is 10.8 Å². The number of carbonyl (C=O) groups excluding carboxylic acids is 1. The first kappa shape index (κ1) is 17.8. The molecule has 4 rings (SSSR count). The fourth-order valence-electron chi connectivity index (χ4n) is 3.11. The van der Waals surface area contributed by atoms with Crippen molar-refractivity contribution in [2.75, 3.05) is 21.9 Å². The molecule has 3 aromatic rings. The van der Waals surface area contributed by atoms with Crippen LogP contribution in [0.1, 0.15) is 16.9 Å². The van der Waals surface area contributed by atoms with Crippen molar-refractivity contribution >= 4 is 49.7 Å². The molecule has 1 amide bonds. The van der Waals surface area contributed by atoms with Crippen molar-refractivity contribution in [2.45, 2.75) is 6.42 Å². The summed E-state index contributed by atoms with van der Waals surface area (Å²) in [6, 6.07) is 15.8. The lowest BCUT2D eigenvalue weighted by Gasteiger charge is -2.17. The van der Waals surface area contributed by atoms with Crippen molar-refractivity contribution in [1.29, 1.82) is 0 Å². The van der Waals surface area contributed by atoms with Gasteiger partial charge in [-0.1, -0.05) is 35.9 Å². The van der Waals surface area contributed by atoms with Crippen molar-refractivity contribution in [3.05, 3.63) is 65.4 Å². The highest BCUT2D eigenvalue weighted by atomic mass is 35.5. The van der Waals surface area contributed by atoms with Gasteiger partial charge in [0.25, 0.3) is 5.91 Å². The van der Waals surface area contributed by atoms with E-state index in [0.29, 0.717) is 24.3 Å². The van der Waals surface area contributed by atoms with Gasteiger partial charge in [0.15, 0.2) is 0 Å². The third kappa shape index (κ3) is 3.48. The molecular formula is C19H16ClN3O3S. The Kier molecular flexibility index (Phi) is 4.49. The van der Waals surface area contributed by atoms with Gasteiger partial charge in [0.05, 0.1) is 11.4 Å². The molecule has 0 spiro atoms. The maximum absolute atomic E-state index is 12.5. The van der Waals surface area contributed by atoms with Crippen molar-refractivity contribution in [2.24, 2.45) is 0 Å². The highest BCUT2D eigenvalue weighted by molar-refractivity contribution is 7.93. The van der Waals surface area contributed by atoms with Crippen LogP contribution in [0.2, 0.25) is 5.15 Å². The van der Waals surface area contributed by atoms with E-state index in [2.05, 4.69) is 10.3 Å². The van der Waals surface area contributed by atoms with Crippen molar-refractivity contribution in [1.82, 2.24) is 4.98 Å². The van der Waals surface area contributed by atoms with E-state index >= 15 is 0 Å². The predicted molar refractivity (Wildman–Crippen MR) is 107 cm³/mol. The van der Waals surface area contributed by atoms with Crippen LogP contribution < -0.4 is 9.62 Å². The summed E-state index contributed by atoms with van der Waals surface area (Å²) in [6.45, 7) is 0.480. The molecule has 27 heavy (non-hydrogen) atoms. The van der Waals surface area contributed by atoms with E-state index in [-0.39, 0.29) is 22.5 Å². The molecule has 2 aromatic carbocycles. The summed E-state index contributed by atoms with van der Waals surface area (Å²) < 4.78 is 25.4. The molecular weight excluding hydrogens is 386 g/mol. The summed E-state index contributed by atoms with van der Waals surface area (Å²) in [4.78, 5) is 16.7. The topological polar surface area (TPSA) is 79.4 Å². The van der Waals surface area contributed by atoms with Gasteiger partial charge in [0, 0.05) is 17.6 Å². The Balaban J connectivity index is 1.55. The number of pyridine rings is 1. The standard InChI is InChI=1S/C19H16ClN3O3S/c20-18-16-5-2-1-4-13(16)12-17(22-18)19(24)21-14-6-8-15(9-7-14)23-10-3-11-27(23,25)26/h1-2,4-9,12H,3,10-11H2,(H,21,24). The number of nitrogens with one attached hydrogen (secondary N) is 1. The summed E-state index contributed by atoms with van der Waals surface area (Å²) in [5.41, 5.74) is 1.36. The van der Waals surface area contributed by atoms with Gasteiger partial charge in [-0.05, 0) is 42.1 Å². The molecule has 0 atom stereocenters. The van der Waals surface area contributed by atoms with Crippen molar-refractivity contribution < 1.29 is 13.2 Å². The number of carbonyl (C=O) groups is 1. The predicted octanol–water partition coefficient (Wildman–Crippen LogP) is 3.68. The lowest BCUT2D eigenvalue weighted by Crippen LogP contribution is -2.25. The van der Waals surface area contributed by atoms with Crippen LogP contribution >= 0.6 is 11.6 Å². The Morgan fingerprint density at radius 3 is 2.56 bits per heavy atom. The maximum atomic E-state index is 12.5. The van der Waals surface area contributed by atoms with E-state index < -0.39 is 10.0 Å². The number of rotatable bonds is 3. The van der Waals surface area contributed by atoms with Crippen LogP contribution in [-0.2, 0) is 10.0 Å². The molecule has 1 aliphatic heterocycles. The molecule has 0 aliphatic carbocycles. The Labute approximate surface area is 161 Å². The molecule has 1 fully saturated rings. The van der Waals surface area contributed by atoms with E-state index in [1.165, 1.54) is 4.31 Å². The number of anilines is 2. The number of hydrogen-bond acceptors (Lipinski definition) is 4. The molecule has 1 saturated heterocycles. The third-order valence-corrected chi connectivity index (χ3v) is 6.60. The molecule has 8 heteroatoms. The average Bonchev–Trinajstić information content (AvgIpc) is 3.01. The first-order valence-electron chi connectivity index (χ1n) is 8.41. The maximum Gasteiger partial charge on any atom is 0.274 e. The van der Waals surface area contributed by atoms with E-state index in [4.69, 9.17) is 11.6 Å². The van der Waals surface area contributed by atoms with Gasteiger partial charge < -0.3 is 5.32 Å². The lowest BCUT2D eigenvalue weighted by atomic mass is 10.1. The minimum Gasteiger partial charge on any atom is -0.321 e. The number of amides is 1. The molecule has 0 radical (unpaired) electrons. The fraction of sp³-hybridized carbons (Fsp3) is 0.158. The summed E-state index contributed by atoms with van der Waals surface area (Å²) in [5.74, 6) is -0.218. The zero-order chi connectivity index (χ0) is 19.0. The molecule has 0 unspecified atom stereocenters. The minimum absolute atomic E-state index is 0.167. The van der Waals surface area contributed by atoms with Gasteiger partial charge in [0.1, 0.15) is 10.8 Å². The highest BCUT2D eigenvalue weighted by Gasteiger charge is 2.28. The monoisotopic (exact) mass is 401 g/mol. The van der Waals surface area contributed by atoms with E-state index in [1.54, 1.807) is 30.3 Å². The Morgan fingerprint density at radius 1 is 1.11 bits per heavy atom. The van der Waals surface area contributed by atoms with Gasteiger partial charge in [-0.2, -0.15) is 0 Å². The molecule has 0 saturated carbocycles. The molecule has 2 heterocycles. The summed E-state index contributed by atoms with van der Waals surface area (Å²) in [6.07, 6.45) is 0.620. The minimum atomic E-state index is -3.22. The third-order valence-electron chi connectivity index (χ3n) is 4.44. The first-order valence-corrected chi connectivity index (χ1v) is 10.4. The van der Waals surface area contributed by atoms with Gasteiger partial charge >= 0.3 is 0 Å². The van der Waals surface area contributed by atoms with Crippen LogP contribution in [0, 0.1) is 0 Å². The van der Waals surface area contributed by atoms with Crippen LogP contribution in [-0.4, -0.2) is 31.6 Å². The number of aromatic nitrogens is 1. The van der Waals surface area contributed by atoms with E-state index in [0.717, 1.165) is 10.8 Å². The second-order valence-corrected chi connectivity index (χ2v) is 8.63. The van der Waals surface area contributed by atoms with E-state index in [1.807, 2.05) is 24.3 Å². The van der Waals surface area contributed by atoms with Crippen LogP contribution in [0.5, 0.6) is 0 Å². The second-order valence-electron chi connectivity index (χ2n) is 6.26. The molecule has 6 nitrogen and oxygen atoms in total. The SMILES string of the molecule is O=C(Nc1ccc(N2CCCS2(=O)=O)cc1)c1cc2ccccc2c(Cl)n1.